The first-order chi connectivity index (χ1) is 11.3. The lowest BCUT2D eigenvalue weighted by Crippen LogP contribution is -1.93. The van der Waals surface area contributed by atoms with Gasteiger partial charge >= 0.3 is 0 Å². The second-order valence-corrected chi connectivity index (χ2v) is 5.51. The Morgan fingerprint density at radius 2 is 1.30 bits per heavy atom. The van der Waals surface area contributed by atoms with E-state index < -0.39 is 0 Å². The van der Waals surface area contributed by atoms with E-state index in [9.17, 15) is 0 Å². The van der Waals surface area contributed by atoms with Crippen molar-refractivity contribution in [3.8, 4) is 0 Å². The van der Waals surface area contributed by atoms with Gasteiger partial charge in [0.25, 0.3) is 0 Å². The van der Waals surface area contributed by atoms with Crippen molar-refractivity contribution in [1.29, 1.82) is 5.41 Å². The lowest BCUT2D eigenvalue weighted by atomic mass is 10.2. The topological polar surface area (TPSA) is 23.9 Å². The lowest BCUT2D eigenvalue weighted by molar-refractivity contribution is 1.42. The van der Waals surface area contributed by atoms with Crippen LogP contribution in [-0.4, -0.2) is 5.04 Å². The van der Waals surface area contributed by atoms with Crippen LogP contribution in [0.15, 0.2) is 59.1 Å². The minimum absolute atomic E-state index is 0.612. The van der Waals surface area contributed by atoms with E-state index in [0.717, 1.165) is 15.8 Å². The van der Waals surface area contributed by atoms with Crippen molar-refractivity contribution in [3.05, 3.63) is 70.2 Å². The second kappa shape index (κ2) is 17.3. The standard InChI is InChI=1S/C14H12BrNS.3C2H6/c15-13-8-6-12(7-9-13)14(16)17-10-11-4-2-1-3-5-11;3*1-2/h1-9,16H,10H2;3*1-2H3. The molecule has 0 radical (unpaired) electrons. The Kier molecular flexibility index (Phi) is 18.2. The number of rotatable bonds is 3. The van der Waals surface area contributed by atoms with Crippen molar-refractivity contribution in [2.75, 3.05) is 0 Å². The van der Waals surface area contributed by atoms with Crippen LogP contribution in [0.3, 0.4) is 0 Å². The molecule has 3 heteroatoms. The van der Waals surface area contributed by atoms with Gasteiger partial charge in [0.15, 0.2) is 0 Å². The van der Waals surface area contributed by atoms with Crippen molar-refractivity contribution in [1.82, 2.24) is 0 Å². The first-order valence-corrected chi connectivity index (χ1v) is 10.0. The van der Waals surface area contributed by atoms with Gasteiger partial charge in [0.05, 0.1) is 5.04 Å². The summed E-state index contributed by atoms with van der Waals surface area (Å²) < 4.78 is 1.04. The first-order valence-electron chi connectivity index (χ1n) is 8.27. The average molecular weight is 396 g/mol. The summed E-state index contributed by atoms with van der Waals surface area (Å²) in [5.41, 5.74) is 2.22. The fraction of sp³-hybridized carbons (Fsp3) is 0.350. The molecular weight excluding hydrogens is 366 g/mol. The zero-order valence-electron chi connectivity index (χ0n) is 15.2. The Balaban J connectivity index is 0. The molecule has 0 saturated heterocycles. The molecule has 0 fully saturated rings. The van der Waals surface area contributed by atoms with Crippen molar-refractivity contribution in [3.63, 3.8) is 0 Å². The van der Waals surface area contributed by atoms with Gasteiger partial charge in [0.2, 0.25) is 0 Å². The zero-order valence-corrected chi connectivity index (χ0v) is 17.6. The van der Waals surface area contributed by atoms with Gasteiger partial charge in [-0.05, 0) is 17.7 Å². The molecule has 0 aliphatic carbocycles. The molecule has 0 spiro atoms. The van der Waals surface area contributed by atoms with E-state index >= 15 is 0 Å². The Hall–Kier alpha value is -1.06. The molecule has 0 aliphatic rings. The number of nitrogens with one attached hydrogen (secondary N) is 1. The van der Waals surface area contributed by atoms with Crippen LogP contribution in [0.4, 0.5) is 0 Å². The van der Waals surface area contributed by atoms with Gasteiger partial charge < -0.3 is 0 Å². The third-order valence-corrected chi connectivity index (χ3v) is 3.86. The van der Waals surface area contributed by atoms with Gasteiger partial charge in [0.1, 0.15) is 0 Å². The SMILES string of the molecule is CC.CC.CC.N=C(SCc1ccccc1)c1ccc(Br)cc1. The third kappa shape index (κ3) is 11.2. The second-order valence-electron chi connectivity index (χ2n) is 3.61. The van der Waals surface area contributed by atoms with Crippen LogP contribution in [0.5, 0.6) is 0 Å². The molecule has 0 amide bonds. The third-order valence-electron chi connectivity index (χ3n) is 2.33. The molecule has 128 valence electrons. The summed E-state index contributed by atoms with van der Waals surface area (Å²) >= 11 is 4.95. The molecule has 1 nitrogen and oxygen atoms in total. The molecule has 0 unspecified atom stereocenters. The van der Waals surface area contributed by atoms with Gasteiger partial charge in [-0.25, -0.2) is 0 Å². The molecule has 2 rings (SSSR count). The summed E-state index contributed by atoms with van der Waals surface area (Å²) in [7, 11) is 0. The zero-order chi connectivity index (χ0) is 18.1. The Morgan fingerprint density at radius 3 is 1.78 bits per heavy atom. The largest absolute Gasteiger partial charge is 0.293 e. The summed E-state index contributed by atoms with van der Waals surface area (Å²) in [6.07, 6.45) is 0. The fourth-order valence-electron chi connectivity index (χ4n) is 1.41. The maximum Gasteiger partial charge on any atom is 0.0945 e. The minimum atomic E-state index is 0.612. The number of hydrogen-bond donors (Lipinski definition) is 1. The molecule has 0 heterocycles. The quantitative estimate of drug-likeness (QED) is 0.415. The van der Waals surface area contributed by atoms with E-state index in [1.807, 2.05) is 84.0 Å². The van der Waals surface area contributed by atoms with E-state index in [1.54, 1.807) is 11.8 Å². The number of thioether (sulfide) groups is 1. The molecule has 1 N–H and O–H groups in total. The molecule has 23 heavy (non-hydrogen) atoms. The summed E-state index contributed by atoms with van der Waals surface area (Å²) in [6.45, 7) is 12.0. The molecule has 0 atom stereocenters. The lowest BCUT2D eigenvalue weighted by Gasteiger charge is -2.04. The summed E-state index contributed by atoms with van der Waals surface area (Å²) in [5, 5.41) is 8.61. The molecule has 0 aromatic heterocycles. The van der Waals surface area contributed by atoms with Crippen molar-refractivity contribution in [2.24, 2.45) is 0 Å². The van der Waals surface area contributed by atoms with Crippen LogP contribution in [0.2, 0.25) is 0 Å². The van der Waals surface area contributed by atoms with Crippen LogP contribution in [0, 0.1) is 5.41 Å². The minimum Gasteiger partial charge on any atom is -0.293 e. The van der Waals surface area contributed by atoms with Crippen molar-refractivity contribution < 1.29 is 0 Å². The average Bonchev–Trinajstić information content (AvgIpc) is 2.66. The maximum atomic E-state index is 8.00. The van der Waals surface area contributed by atoms with E-state index in [1.165, 1.54) is 5.56 Å². The van der Waals surface area contributed by atoms with E-state index in [2.05, 4.69) is 28.1 Å². The Labute approximate surface area is 155 Å². The highest BCUT2D eigenvalue weighted by atomic mass is 79.9. The predicted molar refractivity (Wildman–Crippen MR) is 113 cm³/mol. The van der Waals surface area contributed by atoms with Crippen LogP contribution in [0.25, 0.3) is 0 Å². The van der Waals surface area contributed by atoms with Crippen molar-refractivity contribution >= 4 is 32.7 Å². The van der Waals surface area contributed by atoms with Gasteiger partial charge in [-0.3, -0.25) is 5.41 Å². The van der Waals surface area contributed by atoms with Gasteiger partial charge in [0, 0.05) is 15.8 Å². The van der Waals surface area contributed by atoms with Crippen molar-refractivity contribution in [2.45, 2.75) is 47.3 Å². The van der Waals surface area contributed by atoms with Crippen LogP contribution in [-0.2, 0) is 5.75 Å². The number of benzene rings is 2. The van der Waals surface area contributed by atoms with E-state index in [4.69, 9.17) is 5.41 Å². The highest BCUT2D eigenvalue weighted by Crippen LogP contribution is 2.19. The fourth-order valence-corrected chi connectivity index (χ4v) is 2.48. The Morgan fingerprint density at radius 1 is 0.826 bits per heavy atom. The summed E-state index contributed by atoms with van der Waals surface area (Å²) in [4.78, 5) is 0. The van der Waals surface area contributed by atoms with Crippen LogP contribution in [0.1, 0.15) is 52.7 Å². The highest BCUT2D eigenvalue weighted by Gasteiger charge is 2.02. The smallest absolute Gasteiger partial charge is 0.0945 e. The maximum absolute atomic E-state index is 8.00. The molecule has 0 aliphatic heterocycles. The van der Waals surface area contributed by atoms with E-state index in [-0.39, 0.29) is 0 Å². The van der Waals surface area contributed by atoms with Gasteiger partial charge in [-0.15, -0.1) is 11.8 Å². The number of hydrogen-bond acceptors (Lipinski definition) is 2. The highest BCUT2D eigenvalue weighted by molar-refractivity contribution is 9.10. The number of halogens is 1. The van der Waals surface area contributed by atoms with Crippen LogP contribution < -0.4 is 0 Å². The molecular formula is C20H30BrNS. The molecule has 0 saturated carbocycles. The summed E-state index contributed by atoms with van der Waals surface area (Å²) in [5.74, 6) is 0.843. The van der Waals surface area contributed by atoms with Gasteiger partial charge in [-0.1, -0.05) is 99.9 Å². The molecule has 0 bridgehead atoms. The normalized spacial score (nSPS) is 8.30. The van der Waals surface area contributed by atoms with Crippen LogP contribution >= 0.6 is 27.7 Å². The predicted octanol–water partition coefficient (Wildman–Crippen LogP) is 7.79. The summed E-state index contributed by atoms with van der Waals surface area (Å²) in [6, 6.07) is 18.1. The first kappa shape index (κ1) is 24.2. The monoisotopic (exact) mass is 395 g/mol. The molecule has 2 aromatic carbocycles. The van der Waals surface area contributed by atoms with E-state index in [0.29, 0.717) is 5.04 Å². The molecule has 2 aromatic rings. The Bertz CT molecular complexity index is 495. The van der Waals surface area contributed by atoms with Gasteiger partial charge in [-0.2, -0.15) is 0 Å².